The summed E-state index contributed by atoms with van der Waals surface area (Å²) in [4.78, 5) is 25.8. The minimum atomic E-state index is -3.78. The van der Waals surface area contributed by atoms with Gasteiger partial charge in [0.1, 0.15) is 5.82 Å². The third-order valence-electron chi connectivity index (χ3n) is 5.29. The quantitative estimate of drug-likeness (QED) is 0.545. The second-order valence-corrected chi connectivity index (χ2v) is 10.4. The number of carbonyl (C=O) groups is 2. The number of fused-ring (bicyclic) bond motifs is 1. The van der Waals surface area contributed by atoms with E-state index in [1.54, 1.807) is 25.1 Å². The number of hydrogen-bond acceptors (Lipinski definition) is 6. The molecule has 0 atom stereocenters. The van der Waals surface area contributed by atoms with Crippen molar-refractivity contribution in [3.05, 3.63) is 51.8 Å². The molecule has 0 spiro atoms. The summed E-state index contributed by atoms with van der Waals surface area (Å²) in [5, 5.41) is 9.15. The zero-order valence-corrected chi connectivity index (χ0v) is 19.5. The van der Waals surface area contributed by atoms with E-state index in [9.17, 15) is 18.0 Å². The van der Waals surface area contributed by atoms with Crippen LogP contribution in [-0.4, -0.2) is 30.0 Å². The van der Waals surface area contributed by atoms with E-state index in [2.05, 4.69) is 15.1 Å². The molecule has 32 heavy (non-hydrogen) atoms. The Balaban J connectivity index is 1.79. The maximum absolute atomic E-state index is 13.1. The number of nitrogens with one attached hydrogen (secondary N) is 2. The summed E-state index contributed by atoms with van der Waals surface area (Å²) < 4.78 is 30.1. The number of aromatic nitrogens is 2. The van der Waals surface area contributed by atoms with Crippen LogP contribution in [0.5, 0.6) is 0 Å². The first-order chi connectivity index (χ1) is 15.3. The van der Waals surface area contributed by atoms with E-state index in [1.165, 1.54) is 16.0 Å². The molecule has 3 heterocycles. The first kappa shape index (κ1) is 22.4. The molecule has 0 fully saturated rings. The molecule has 2 aromatic heterocycles. The Labute approximate surface area is 190 Å². The molecule has 0 aliphatic carbocycles. The van der Waals surface area contributed by atoms with Gasteiger partial charge in [-0.15, -0.1) is 11.3 Å². The summed E-state index contributed by atoms with van der Waals surface area (Å²) in [5.74, 6) is -0.224. The fourth-order valence-electron chi connectivity index (χ4n) is 3.70. The molecule has 0 saturated carbocycles. The van der Waals surface area contributed by atoms with Gasteiger partial charge in [0.05, 0.1) is 10.6 Å². The second-order valence-electron chi connectivity index (χ2n) is 7.66. The second kappa shape index (κ2) is 8.97. The number of amides is 1. The molecule has 0 radical (unpaired) electrons. The molecule has 0 bridgehead atoms. The number of sulfonamides is 1. The predicted octanol–water partition coefficient (Wildman–Crippen LogP) is 3.72. The highest BCUT2D eigenvalue weighted by Gasteiger charge is 2.28. The van der Waals surface area contributed by atoms with Gasteiger partial charge in [0.2, 0.25) is 21.8 Å². The summed E-state index contributed by atoms with van der Waals surface area (Å²) in [6.07, 6.45) is 1.53. The average Bonchev–Trinajstić information content (AvgIpc) is 3.37. The summed E-state index contributed by atoms with van der Waals surface area (Å²) >= 11 is 1.48. The standard InChI is InChI=1S/C22H24N4O4S2/c1-3-5-17-21(22-24-19(27)9-10-20(28)26(22)25-17)15-8-7-14(2)18(12-15)32(29,30)23-13-16-6-4-11-31-16/h4,6-8,11-12,23H,3,5,9-10,13H2,1-2H3,(H,24,27). The van der Waals surface area contributed by atoms with E-state index >= 15 is 0 Å². The minimum absolute atomic E-state index is 0.0751. The largest absolute Gasteiger partial charge is 0.310 e. The van der Waals surface area contributed by atoms with Gasteiger partial charge in [-0.2, -0.15) is 9.78 Å². The van der Waals surface area contributed by atoms with Crippen molar-refractivity contribution >= 4 is 39.0 Å². The monoisotopic (exact) mass is 472 g/mol. The highest BCUT2D eigenvalue weighted by molar-refractivity contribution is 7.89. The van der Waals surface area contributed by atoms with Gasteiger partial charge < -0.3 is 5.32 Å². The van der Waals surface area contributed by atoms with Crippen molar-refractivity contribution in [2.45, 2.75) is 51.0 Å². The number of carbonyl (C=O) groups excluding carboxylic acids is 2. The number of rotatable bonds is 7. The van der Waals surface area contributed by atoms with Crippen molar-refractivity contribution in [3.8, 4) is 11.1 Å². The predicted molar refractivity (Wildman–Crippen MR) is 123 cm³/mol. The molecule has 8 nitrogen and oxygen atoms in total. The van der Waals surface area contributed by atoms with Crippen LogP contribution in [0.25, 0.3) is 11.1 Å². The lowest BCUT2D eigenvalue weighted by Crippen LogP contribution is -2.23. The number of thiophene rings is 1. The summed E-state index contributed by atoms with van der Waals surface area (Å²) in [6.45, 7) is 3.94. The fourth-order valence-corrected chi connectivity index (χ4v) is 5.71. The Morgan fingerprint density at radius 3 is 2.75 bits per heavy atom. The van der Waals surface area contributed by atoms with Crippen LogP contribution in [0.4, 0.5) is 5.82 Å². The van der Waals surface area contributed by atoms with Gasteiger partial charge in [0, 0.05) is 29.8 Å². The van der Waals surface area contributed by atoms with E-state index in [0.29, 0.717) is 34.6 Å². The van der Waals surface area contributed by atoms with Crippen LogP contribution < -0.4 is 10.0 Å². The maximum Gasteiger partial charge on any atom is 0.249 e. The van der Waals surface area contributed by atoms with Crippen molar-refractivity contribution in [2.24, 2.45) is 0 Å². The van der Waals surface area contributed by atoms with Crippen molar-refractivity contribution in [2.75, 3.05) is 5.32 Å². The van der Waals surface area contributed by atoms with E-state index in [0.717, 1.165) is 11.3 Å². The van der Waals surface area contributed by atoms with Gasteiger partial charge in [0.15, 0.2) is 0 Å². The lowest BCUT2D eigenvalue weighted by atomic mass is 10.0. The first-order valence-electron chi connectivity index (χ1n) is 10.4. The number of aryl methyl sites for hydroxylation is 2. The highest BCUT2D eigenvalue weighted by Crippen LogP contribution is 2.36. The Morgan fingerprint density at radius 2 is 2.03 bits per heavy atom. The van der Waals surface area contributed by atoms with Gasteiger partial charge in [-0.25, -0.2) is 13.1 Å². The van der Waals surface area contributed by atoms with Crippen LogP contribution in [0.1, 0.15) is 47.1 Å². The molecule has 0 saturated heterocycles. The van der Waals surface area contributed by atoms with Crippen molar-refractivity contribution in [3.63, 3.8) is 0 Å². The van der Waals surface area contributed by atoms with Crippen LogP contribution in [0.15, 0.2) is 40.6 Å². The van der Waals surface area contributed by atoms with Crippen LogP contribution in [0.3, 0.4) is 0 Å². The molecule has 4 rings (SSSR count). The number of nitrogens with zero attached hydrogens (tertiary/aromatic N) is 2. The van der Waals surface area contributed by atoms with E-state index in [4.69, 9.17) is 0 Å². The smallest absolute Gasteiger partial charge is 0.249 e. The van der Waals surface area contributed by atoms with Crippen molar-refractivity contribution in [1.82, 2.24) is 14.5 Å². The number of hydrogen-bond donors (Lipinski definition) is 2. The third-order valence-corrected chi connectivity index (χ3v) is 7.71. The molecule has 1 aliphatic rings. The van der Waals surface area contributed by atoms with E-state index in [-0.39, 0.29) is 36.1 Å². The summed E-state index contributed by atoms with van der Waals surface area (Å²) in [7, 11) is -3.78. The van der Waals surface area contributed by atoms with E-state index < -0.39 is 10.0 Å². The number of anilines is 1. The Hall–Kier alpha value is -2.82. The first-order valence-corrected chi connectivity index (χ1v) is 12.7. The highest BCUT2D eigenvalue weighted by atomic mass is 32.2. The van der Waals surface area contributed by atoms with Crippen LogP contribution in [-0.2, 0) is 27.8 Å². The van der Waals surface area contributed by atoms with Gasteiger partial charge in [-0.1, -0.05) is 31.5 Å². The lowest BCUT2D eigenvalue weighted by Gasteiger charge is -2.12. The molecule has 10 heteroatoms. The molecular weight excluding hydrogens is 448 g/mol. The normalized spacial score (nSPS) is 14.2. The summed E-state index contributed by atoms with van der Waals surface area (Å²) in [6, 6.07) is 8.86. The molecule has 1 amide bonds. The average molecular weight is 473 g/mol. The van der Waals surface area contributed by atoms with Gasteiger partial charge in [-0.3, -0.25) is 9.59 Å². The molecule has 0 unspecified atom stereocenters. The zero-order valence-electron chi connectivity index (χ0n) is 17.8. The molecule has 1 aromatic carbocycles. The molecule has 2 N–H and O–H groups in total. The number of benzene rings is 1. The van der Waals surface area contributed by atoms with Gasteiger partial charge in [0.25, 0.3) is 0 Å². The Kier molecular flexibility index (Phi) is 6.27. The molecule has 168 valence electrons. The Bertz CT molecular complexity index is 1280. The molecular formula is C22H24N4O4S2. The van der Waals surface area contributed by atoms with Gasteiger partial charge >= 0.3 is 0 Å². The SMILES string of the molecule is CCCc1nn2c(c1-c1ccc(C)c(S(=O)(=O)NCc3cccs3)c1)NC(=O)CCC2=O. The maximum atomic E-state index is 13.1. The summed E-state index contributed by atoms with van der Waals surface area (Å²) in [5.41, 5.74) is 2.43. The van der Waals surface area contributed by atoms with E-state index in [1.807, 2.05) is 24.4 Å². The molecule has 1 aliphatic heterocycles. The van der Waals surface area contributed by atoms with Crippen LogP contribution in [0.2, 0.25) is 0 Å². The topological polar surface area (TPSA) is 110 Å². The van der Waals surface area contributed by atoms with Crippen LogP contribution >= 0.6 is 11.3 Å². The van der Waals surface area contributed by atoms with Crippen molar-refractivity contribution < 1.29 is 18.0 Å². The van der Waals surface area contributed by atoms with Crippen molar-refractivity contribution in [1.29, 1.82) is 0 Å². The lowest BCUT2D eigenvalue weighted by molar-refractivity contribution is -0.116. The Morgan fingerprint density at radius 1 is 1.22 bits per heavy atom. The third kappa shape index (κ3) is 4.38. The minimum Gasteiger partial charge on any atom is -0.310 e. The fraction of sp³-hybridized carbons (Fsp3) is 0.318. The molecule has 3 aromatic rings. The van der Waals surface area contributed by atoms with Gasteiger partial charge in [-0.05, 0) is 42.0 Å². The zero-order chi connectivity index (χ0) is 22.9. The van der Waals surface area contributed by atoms with Crippen LogP contribution in [0, 0.1) is 6.92 Å².